The van der Waals surface area contributed by atoms with Crippen LogP contribution in [-0.4, -0.2) is 4.98 Å². The van der Waals surface area contributed by atoms with E-state index in [1.165, 1.54) is 11.1 Å². The monoisotopic (exact) mass is 207 g/mol. The minimum Gasteiger partial charge on any atom is -0.261 e. The highest BCUT2D eigenvalue weighted by Crippen LogP contribution is 2.28. The molecule has 16 heavy (non-hydrogen) atoms. The molecule has 1 unspecified atom stereocenters. The molecule has 0 saturated heterocycles. The number of benzene rings is 1. The van der Waals surface area contributed by atoms with Crippen molar-refractivity contribution < 1.29 is 0 Å². The van der Waals surface area contributed by atoms with Gasteiger partial charge in [0.1, 0.15) is 0 Å². The maximum Gasteiger partial charge on any atom is 0.0475 e. The second-order valence-corrected chi connectivity index (χ2v) is 4.12. The molecular formula is C15H13N. The lowest BCUT2D eigenvalue weighted by Crippen LogP contribution is -2.06. The lowest BCUT2D eigenvalue weighted by molar-refractivity contribution is 0.794. The summed E-state index contributed by atoms with van der Waals surface area (Å²) in [4.78, 5) is 4.42. The summed E-state index contributed by atoms with van der Waals surface area (Å²) >= 11 is 0. The first kappa shape index (κ1) is 9.34. The molecule has 1 atom stereocenters. The Kier molecular flexibility index (Phi) is 2.30. The maximum atomic E-state index is 4.42. The lowest BCUT2D eigenvalue weighted by atomic mass is 9.87. The highest BCUT2D eigenvalue weighted by Gasteiger charge is 2.15. The molecule has 1 aliphatic rings. The normalized spacial score (nSPS) is 18.1. The SMILES string of the molecule is C1=CC(c2ccccn2)Cc2ccccc21. The molecule has 0 bridgehead atoms. The van der Waals surface area contributed by atoms with Gasteiger partial charge >= 0.3 is 0 Å². The topological polar surface area (TPSA) is 12.9 Å². The summed E-state index contributed by atoms with van der Waals surface area (Å²) in [7, 11) is 0. The summed E-state index contributed by atoms with van der Waals surface area (Å²) in [5.41, 5.74) is 3.92. The highest BCUT2D eigenvalue weighted by molar-refractivity contribution is 5.58. The Morgan fingerprint density at radius 3 is 2.75 bits per heavy atom. The molecule has 0 aliphatic heterocycles. The van der Waals surface area contributed by atoms with Crippen molar-refractivity contribution in [1.29, 1.82) is 0 Å². The van der Waals surface area contributed by atoms with E-state index in [0.717, 1.165) is 12.1 Å². The first-order chi connectivity index (χ1) is 7.93. The number of hydrogen-bond donors (Lipinski definition) is 0. The van der Waals surface area contributed by atoms with Crippen molar-refractivity contribution >= 4 is 6.08 Å². The number of rotatable bonds is 1. The summed E-state index contributed by atoms with van der Waals surface area (Å²) in [5, 5.41) is 0. The molecule has 0 radical (unpaired) electrons. The van der Waals surface area contributed by atoms with Crippen LogP contribution in [0.4, 0.5) is 0 Å². The van der Waals surface area contributed by atoms with Gasteiger partial charge in [0, 0.05) is 17.8 Å². The van der Waals surface area contributed by atoms with E-state index in [9.17, 15) is 0 Å². The van der Waals surface area contributed by atoms with Crippen LogP contribution in [0.15, 0.2) is 54.7 Å². The van der Waals surface area contributed by atoms with Gasteiger partial charge in [-0.15, -0.1) is 0 Å². The minimum atomic E-state index is 0.427. The van der Waals surface area contributed by atoms with Crippen molar-refractivity contribution in [3.63, 3.8) is 0 Å². The van der Waals surface area contributed by atoms with Gasteiger partial charge < -0.3 is 0 Å². The Labute approximate surface area is 95.5 Å². The zero-order valence-corrected chi connectivity index (χ0v) is 9.01. The number of allylic oxidation sites excluding steroid dienone is 1. The predicted octanol–water partition coefficient (Wildman–Crippen LogP) is 3.43. The summed E-state index contributed by atoms with van der Waals surface area (Å²) in [6.45, 7) is 0. The van der Waals surface area contributed by atoms with Crippen LogP contribution in [0.2, 0.25) is 0 Å². The quantitative estimate of drug-likeness (QED) is 0.698. The van der Waals surface area contributed by atoms with Crippen molar-refractivity contribution in [1.82, 2.24) is 4.98 Å². The molecule has 0 N–H and O–H groups in total. The van der Waals surface area contributed by atoms with Crippen LogP contribution in [0.5, 0.6) is 0 Å². The van der Waals surface area contributed by atoms with E-state index in [4.69, 9.17) is 0 Å². The molecular weight excluding hydrogens is 194 g/mol. The number of hydrogen-bond acceptors (Lipinski definition) is 1. The number of nitrogens with zero attached hydrogens (tertiary/aromatic N) is 1. The van der Waals surface area contributed by atoms with Crippen molar-refractivity contribution in [2.24, 2.45) is 0 Å². The number of aromatic nitrogens is 1. The Morgan fingerprint density at radius 1 is 1.00 bits per heavy atom. The van der Waals surface area contributed by atoms with E-state index in [1.807, 2.05) is 12.3 Å². The molecule has 1 aromatic carbocycles. The third kappa shape index (κ3) is 1.65. The zero-order chi connectivity index (χ0) is 10.8. The lowest BCUT2D eigenvalue weighted by Gasteiger charge is -2.18. The molecule has 0 amide bonds. The summed E-state index contributed by atoms with van der Waals surface area (Å²) in [6.07, 6.45) is 7.39. The van der Waals surface area contributed by atoms with Crippen LogP contribution >= 0.6 is 0 Å². The van der Waals surface area contributed by atoms with E-state index in [1.54, 1.807) is 0 Å². The number of pyridine rings is 1. The first-order valence-electron chi connectivity index (χ1n) is 5.60. The van der Waals surface area contributed by atoms with Gasteiger partial charge in [0.05, 0.1) is 0 Å². The van der Waals surface area contributed by atoms with Crippen LogP contribution in [0.3, 0.4) is 0 Å². The molecule has 1 heteroatoms. The van der Waals surface area contributed by atoms with Crippen molar-refractivity contribution in [3.8, 4) is 0 Å². The van der Waals surface area contributed by atoms with Crippen LogP contribution < -0.4 is 0 Å². The molecule has 1 heterocycles. The molecule has 3 rings (SSSR count). The summed E-state index contributed by atoms with van der Waals surface area (Å²) in [6, 6.07) is 14.7. The largest absolute Gasteiger partial charge is 0.261 e. The van der Waals surface area contributed by atoms with Crippen LogP contribution in [0.1, 0.15) is 22.7 Å². The molecule has 0 spiro atoms. The van der Waals surface area contributed by atoms with Crippen molar-refractivity contribution in [2.75, 3.05) is 0 Å². The Bertz CT molecular complexity index is 514. The van der Waals surface area contributed by atoms with Gasteiger partial charge in [0.2, 0.25) is 0 Å². The highest BCUT2D eigenvalue weighted by atomic mass is 14.7. The van der Waals surface area contributed by atoms with Gasteiger partial charge in [-0.3, -0.25) is 4.98 Å². The van der Waals surface area contributed by atoms with Crippen LogP contribution in [-0.2, 0) is 6.42 Å². The van der Waals surface area contributed by atoms with Crippen molar-refractivity contribution in [2.45, 2.75) is 12.3 Å². The maximum absolute atomic E-state index is 4.42. The van der Waals surface area contributed by atoms with Crippen molar-refractivity contribution in [3.05, 3.63) is 71.6 Å². The van der Waals surface area contributed by atoms with E-state index >= 15 is 0 Å². The first-order valence-corrected chi connectivity index (χ1v) is 5.60. The van der Waals surface area contributed by atoms with Gasteiger partial charge in [-0.2, -0.15) is 0 Å². The summed E-state index contributed by atoms with van der Waals surface area (Å²) in [5.74, 6) is 0.427. The smallest absolute Gasteiger partial charge is 0.0475 e. The molecule has 78 valence electrons. The van der Waals surface area contributed by atoms with Gasteiger partial charge in [0.15, 0.2) is 0 Å². The molecule has 1 nitrogen and oxygen atoms in total. The number of fused-ring (bicyclic) bond motifs is 1. The average Bonchev–Trinajstić information content (AvgIpc) is 2.39. The second kappa shape index (κ2) is 3.93. The Hall–Kier alpha value is -1.89. The molecule has 2 aromatic rings. The third-order valence-corrected chi connectivity index (χ3v) is 3.07. The fourth-order valence-corrected chi connectivity index (χ4v) is 2.21. The second-order valence-electron chi connectivity index (χ2n) is 4.12. The average molecular weight is 207 g/mol. The van der Waals surface area contributed by atoms with Crippen LogP contribution in [0.25, 0.3) is 6.08 Å². The molecule has 0 fully saturated rings. The Morgan fingerprint density at radius 2 is 1.88 bits per heavy atom. The van der Waals surface area contributed by atoms with Gasteiger partial charge in [0.25, 0.3) is 0 Å². The van der Waals surface area contributed by atoms with E-state index < -0.39 is 0 Å². The van der Waals surface area contributed by atoms with Gasteiger partial charge in [-0.05, 0) is 29.7 Å². The van der Waals surface area contributed by atoms with Gasteiger partial charge in [-0.25, -0.2) is 0 Å². The van der Waals surface area contributed by atoms with Gasteiger partial charge in [-0.1, -0.05) is 42.5 Å². The molecule has 0 saturated carbocycles. The predicted molar refractivity (Wildman–Crippen MR) is 66.2 cm³/mol. The summed E-state index contributed by atoms with van der Waals surface area (Å²) < 4.78 is 0. The standard InChI is InChI=1S/C15H13N/c1-2-6-13-11-14(9-8-12(13)5-1)15-7-3-4-10-16-15/h1-10,14H,11H2. The van der Waals surface area contributed by atoms with E-state index in [0.29, 0.717) is 5.92 Å². The third-order valence-electron chi connectivity index (χ3n) is 3.07. The molecule has 1 aliphatic carbocycles. The van der Waals surface area contributed by atoms with Crippen LogP contribution in [0, 0.1) is 0 Å². The minimum absolute atomic E-state index is 0.427. The Balaban J connectivity index is 1.95. The molecule has 1 aromatic heterocycles. The fourth-order valence-electron chi connectivity index (χ4n) is 2.21. The zero-order valence-electron chi connectivity index (χ0n) is 9.01. The fraction of sp³-hybridized carbons (Fsp3) is 0.133. The van der Waals surface area contributed by atoms with E-state index in [-0.39, 0.29) is 0 Å². The van der Waals surface area contributed by atoms with E-state index in [2.05, 4.69) is 53.5 Å².